The first-order valence-electron chi connectivity index (χ1n) is 6.01. The summed E-state index contributed by atoms with van der Waals surface area (Å²) in [6.45, 7) is 0. The van der Waals surface area contributed by atoms with E-state index >= 15 is 0 Å². The SMILES string of the molecule is Fc1ccc(-c2cc(C(F)(C(F)(F)F)C(F)(F)F)ccn2)cc1. The van der Waals surface area contributed by atoms with Crippen LogP contribution in [0.5, 0.6) is 0 Å². The van der Waals surface area contributed by atoms with Crippen molar-refractivity contribution in [3.63, 3.8) is 0 Å². The second kappa shape index (κ2) is 5.47. The third kappa shape index (κ3) is 2.99. The van der Waals surface area contributed by atoms with Gasteiger partial charge in [-0.25, -0.2) is 8.78 Å². The third-order valence-electron chi connectivity index (χ3n) is 3.08. The van der Waals surface area contributed by atoms with E-state index in [0.29, 0.717) is 18.3 Å². The summed E-state index contributed by atoms with van der Waals surface area (Å²) in [5.74, 6) is -0.657. The number of aromatic nitrogens is 1. The van der Waals surface area contributed by atoms with Crippen molar-refractivity contribution in [2.24, 2.45) is 0 Å². The summed E-state index contributed by atoms with van der Waals surface area (Å²) in [5.41, 5.74) is -7.48. The molecule has 0 aliphatic rings. The molecule has 0 aliphatic carbocycles. The summed E-state index contributed by atoms with van der Waals surface area (Å²) in [7, 11) is 0. The molecular formula is C14H7F8N. The second-order valence-electron chi connectivity index (χ2n) is 4.59. The molecule has 0 atom stereocenters. The monoisotopic (exact) mass is 341 g/mol. The molecule has 2 aromatic rings. The topological polar surface area (TPSA) is 12.9 Å². The Morgan fingerprint density at radius 1 is 0.739 bits per heavy atom. The fraction of sp³-hybridized carbons (Fsp3) is 0.214. The molecule has 1 aromatic heterocycles. The van der Waals surface area contributed by atoms with Crippen molar-refractivity contribution >= 4 is 0 Å². The van der Waals surface area contributed by atoms with Gasteiger partial charge in [-0.15, -0.1) is 0 Å². The number of hydrogen-bond acceptors (Lipinski definition) is 1. The highest BCUT2D eigenvalue weighted by Crippen LogP contribution is 2.53. The molecule has 0 saturated carbocycles. The molecular weight excluding hydrogens is 334 g/mol. The normalized spacial score (nSPS) is 13.2. The van der Waals surface area contributed by atoms with Gasteiger partial charge in [-0.2, -0.15) is 26.3 Å². The van der Waals surface area contributed by atoms with Gasteiger partial charge >= 0.3 is 18.0 Å². The summed E-state index contributed by atoms with van der Waals surface area (Å²) in [5, 5.41) is 0. The predicted molar refractivity (Wildman–Crippen MR) is 64.5 cm³/mol. The standard InChI is InChI=1S/C14H7F8N/c15-10-3-1-8(2-4-10)11-7-9(5-6-23-11)12(16,13(17,18)19)14(20,21)22/h1-7H. The highest BCUT2D eigenvalue weighted by molar-refractivity contribution is 5.60. The van der Waals surface area contributed by atoms with E-state index < -0.39 is 29.4 Å². The maximum atomic E-state index is 14.0. The van der Waals surface area contributed by atoms with Crippen LogP contribution in [0.1, 0.15) is 5.56 Å². The molecule has 0 N–H and O–H groups in total. The van der Waals surface area contributed by atoms with E-state index in [1.165, 1.54) is 0 Å². The van der Waals surface area contributed by atoms with E-state index in [1.807, 2.05) is 0 Å². The number of rotatable bonds is 2. The molecule has 2 rings (SSSR count). The first-order valence-corrected chi connectivity index (χ1v) is 6.01. The van der Waals surface area contributed by atoms with Gasteiger partial charge in [0.2, 0.25) is 0 Å². The lowest BCUT2D eigenvalue weighted by molar-refractivity contribution is -0.348. The van der Waals surface area contributed by atoms with Crippen molar-refractivity contribution in [2.75, 3.05) is 0 Å². The van der Waals surface area contributed by atoms with Crippen LogP contribution in [0, 0.1) is 5.82 Å². The van der Waals surface area contributed by atoms with Crippen molar-refractivity contribution in [3.05, 3.63) is 54.0 Å². The quantitative estimate of drug-likeness (QED) is 0.686. The number of benzene rings is 1. The van der Waals surface area contributed by atoms with E-state index in [9.17, 15) is 35.1 Å². The van der Waals surface area contributed by atoms with E-state index in [1.54, 1.807) is 0 Å². The first kappa shape index (κ1) is 17.2. The molecule has 1 aromatic carbocycles. The fourth-order valence-electron chi connectivity index (χ4n) is 1.91. The number of alkyl halides is 7. The predicted octanol–water partition coefficient (Wildman–Crippen LogP) is 5.18. The summed E-state index contributed by atoms with van der Waals surface area (Å²) in [6, 6.07) is 4.73. The Morgan fingerprint density at radius 2 is 1.26 bits per heavy atom. The van der Waals surface area contributed by atoms with Gasteiger partial charge in [0.05, 0.1) is 5.69 Å². The van der Waals surface area contributed by atoms with Gasteiger partial charge in [0.25, 0.3) is 0 Å². The number of pyridine rings is 1. The summed E-state index contributed by atoms with van der Waals surface area (Å²) in [4.78, 5) is 3.59. The van der Waals surface area contributed by atoms with Crippen LogP contribution in [-0.4, -0.2) is 17.3 Å². The first-order chi connectivity index (χ1) is 10.5. The van der Waals surface area contributed by atoms with Crippen LogP contribution in [0.4, 0.5) is 35.1 Å². The zero-order valence-corrected chi connectivity index (χ0v) is 11.0. The molecule has 0 unspecified atom stereocenters. The van der Waals surface area contributed by atoms with E-state index in [2.05, 4.69) is 4.98 Å². The summed E-state index contributed by atoms with van der Waals surface area (Å²) in [6.07, 6.45) is -11.8. The minimum Gasteiger partial charge on any atom is -0.256 e. The lowest BCUT2D eigenvalue weighted by Gasteiger charge is -2.30. The average Bonchev–Trinajstić information content (AvgIpc) is 2.45. The minimum absolute atomic E-state index is 0.0416. The number of hydrogen-bond donors (Lipinski definition) is 0. The Balaban J connectivity index is 2.59. The van der Waals surface area contributed by atoms with Crippen LogP contribution in [0.25, 0.3) is 11.3 Å². The Hall–Kier alpha value is -2.19. The Labute approximate surface area is 124 Å². The van der Waals surface area contributed by atoms with Gasteiger partial charge in [0.1, 0.15) is 5.82 Å². The molecule has 0 aliphatic heterocycles. The molecule has 0 fully saturated rings. The van der Waals surface area contributed by atoms with Gasteiger partial charge < -0.3 is 0 Å². The lowest BCUT2D eigenvalue weighted by atomic mass is 9.93. The second-order valence-corrected chi connectivity index (χ2v) is 4.59. The van der Waals surface area contributed by atoms with E-state index in [-0.39, 0.29) is 11.3 Å². The van der Waals surface area contributed by atoms with Gasteiger partial charge in [0.15, 0.2) is 0 Å². The number of halogens is 8. The maximum Gasteiger partial charge on any atom is 0.435 e. The van der Waals surface area contributed by atoms with Gasteiger partial charge in [-0.3, -0.25) is 4.98 Å². The zero-order valence-electron chi connectivity index (χ0n) is 11.0. The van der Waals surface area contributed by atoms with Crippen molar-refractivity contribution in [2.45, 2.75) is 18.0 Å². The lowest BCUT2D eigenvalue weighted by Crippen LogP contribution is -2.50. The molecule has 9 heteroatoms. The molecule has 0 amide bonds. The van der Waals surface area contributed by atoms with Gasteiger partial charge in [0, 0.05) is 17.3 Å². The Bertz CT molecular complexity index is 673. The van der Waals surface area contributed by atoms with Crippen LogP contribution >= 0.6 is 0 Å². The molecule has 0 radical (unpaired) electrons. The van der Waals surface area contributed by atoms with Crippen molar-refractivity contribution in [3.8, 4) is 11.3 Å². The minimum atomic E-state index is -6.20. The van der Waals surface area contributed by atoms with Gasteiger partial charge in [-0.05, 0) is 36.4 Å². The maximum absolute atomic E-state index is 14.0. The molecule has 124 valence electrons. The average molecular weight is 341 g/mol. The molecule has 1 nitrogen and oxygen atoms in total. The van der Waals surface area contributed by atoms with Crippen LogP contribution < -0.4 is 0 Å². The summed E-state index contributed by atoms with van der Waals surface area (Å²) >= 11 is 0. The third-order valence-corrected chi connectivity index (χ3v) is 3.08. The fourth-order valence-corrected chi connectivity index (χ4v) is 1.91. The van der Waals surface area contributed by atoms with Gasteiger partial charge in [-0.1, -0.05) is 0 Å². The molecule has 23 heavy (non-hydrogen) atoms. The van der Waals surface area contributed by atoms with E-state index in [0.717, 1.165) is 24.3 Å². The summed E-state index contributed by atoms with van der Waals surface area (Å²) < 4.78 is 103. The highest BCUT2D eigenvalue weighted by atomic mass is 19.4. The van der Waals surface area contributed by atoms with Crippen molar-refractivity contribution in [1.82, 2.24) is 4.98 Å². The van der Waals surface area contributed by atoms with E-state index in [4.69, 9.17) is 0 Å². The van der Waals surface area contributed by atoms with Crippen molar-refractivity contribution in [1.29, 1.82) is 0 Å². The van der Waals surface area contributed by atoms with Crippen LogP contribution in [0.2, 0.25) is 0 Å². The molecule has 0 bridgehead atoms. The van der Waals surface area contributed by atoms with Crippen molar-refractivity contribution < 1.29 is 35.1 Å². The largest absolute Gasteiger partial charge is 0.435 e. The molecule has 0 spiro atoms. The highest BCUT2D eigenvalue weighted by Gasteiger charge is 2.73. The molecule has 0 saturated heterocycles. The smallest absolute Gasteiger partial charge is 0.256 e. The Kier molecular flexibility index (Phi) is 4.08. The van der Waals surface area contributed by atoms with Crippen LogP contribution in [0.15, 0.2) is 42.6 Å². The number of nitrogens with zero attached hydrogens (tertiary/aromatic N) is 1. The van der Waals surface area contributed by atoms with Crippen LogP contribution in [-0.2, 0) is 5.67 Å². The Morgan fingerprint density at radius 3 is 1.74 bits per heavy atom. The van der Waals surface area contributed by atoms with Crippen LogP contribution in [0.3, 0.4) is 0 Å². The zero-order chi connectivity index (χ0) is 17.5. The molecule has 1 heterocycles.